The topological polar surface area (TPSA) is 46.5 Å². The highest BCUT2D eigenvalue weighted by molar-refractivity contribution is 5.69. The Kier molecular flexibility index (Phi) is 3.05. The van der Waals surface area contributed by atoms with Gasteiger partial charge in [-0.05, 0) is 24.5 Å². The second kappa shape index (κ2) is 4.35. The molecule has 92 valence electrons. The number of aliphatic carboxylic acids is 1. The number of hydrogen-bond acceptors (Lipinski definition) is 2. The molecule has 0 heterocycles. The van der Waals surface area contributed by atoms with Crippen LogP contribution in [0, 0.1) is 5.82 Å². The summed E-state index contributed by atoms with van der Waals surface area (Å²) in [7, 11) is 1.48. The highest BCUT2D eigenvalue weighted by atomic mass is 19.1. The summed E-state index contributed by atoms with van der Waals surface area (Å²) in [5.41, 5.74) is -0.00528. The molecule has 1 aromatic rings. The van der Waals surface area contributed by atoms with Crippen LogP contribution in [0.5, 0.6) is 5.75 Å². The molecule has 0 amide bonds. The number of carboxylic acid groups (broad SMARTS) is 1. The van der Waals surface area contributed by atoms with Crippen molar-refractivity contribution in [1.82, 2.24) is 0 Å². The Morgan fingerprint density at radius 2 is 2.24 bits per heavy atom. The number of halogens is 1. The Hall–Kier alpha value is -1.58. The predicted molar refractivity (Wildman–Crippen MR) is 60.7 cm³/mol. The van der Waals surface area contributed by atoms with Crippen molar-refractivity contribution in [3.8, 4) is 5.75 Å². The second-order valence-electron chi connectivity index (χ2n) is 4.55. The van der Waals surface area contributed by atoms with E-state index in [9.17, 15) is 9.18 Å². The zero-order chi connectivity index (χ0) is 12.5. The summed E-state index contributed by atoms with van der Waals surface area (Å²) in [6, 6.07) is 4.65. The highest BCUT2D eigenvalue weighted by Crippen LogP contribution is 2.47. The van der Waals surface area contributed by atoms with Gasteiger partial charge in [0.25, 0.3) is 0 Å². The molecule has 4 heteroatoms. The zero-order valence-corrected chi connectivity index (χ0v) is 9.70. The molecule has 1 N–H and O–H groups in total. The number of methoxy groups -OCH3 is 1. The van der Waals surface area contributed by atoms with Gasteiger partial charge in [0.1, 0.15) is 11.6 Å². The third-order valence-electron chi connectivity index (χ3n) is 3.55. The van der Waals surface area contributed by atoms with E-state index in [2.05, 4.69) is 0 Å². The summed E-state index contributed by atoms with van der Waals surface area (Å²) >= 11 is 0. The molecule has 0 spiro atoms. The van der Waals surface area contributed by atoms with Crippen LogP contribution in [0.4, 0.5) is 4.39 Å². The van der Waals surface area contributed by atoms with Gasteiger partial charge in [0.2, 0.25) is 0 Å². The Bertz CT molecular complexity index is 438. The Morgan fingerprint density at radius 1 is 1.53 bits per heavy atom. The summed E-state index contributed by atoms with van der Waals surface area (Å²) in [6.45, 7) is 0. The van der Waals surface area contributed by atoms with Crippen molar-refractivity contribution in [2.45, 2.75) is 31.1 Å². The molecule has 3 nitrogen and oxygen atoms in total. The van der Waals surface area contributed by atoms with Crippen LogP contribution in [-0.2, 0) is 10.2 Å². The van der Waals surface area contributed by atoms with Crippen LogP contribution in [0.3, 0.4) is 0 Å². The standard InChI is InChI=1S/C13H15FO3/c1-17-9-3-4-10(11(14)7-9)13(5-2-6-13)8-12(15)16/h3-4,7H,2,5-6,8H2,1H3,(H,15,16). The van der Waals surface area contributed by atoms with Gasteiger partial charge in [-0.25, -0.2) is 4.39 Å². The molecule has 0 radical (unpaired) electrons. The van der Waals surface area contributed by atoms with E-state index in [0.717, 1.165) is 19.3 Å². The first-order valence-electron chi connectivity index (χ1n) is 5.63. The summed E-state index contributed by atoms with van der Waals surface area (Å²) in [5, 5.41) is 8.92. The van der Waals surface area contributed by atoms with Gasteiger partial charge < -0.3 is 9.84 Å². The van der Waals surface area contributed by atoms with E-state index in [1.54, 1.807) is 12.1 Å². The van der Waals surface area contributed by atoms with Crippen molar-refractivity contribution in [2.75, 3.05) is 7.11 Å². The van der Waals surface area contributed by atoms with Gasteiger partial charge in [-0.15, -0.1) is 0 Å². The predicted octanol–water partition coefficient (Wildman–Crippen LogP) is 2.73. The van der Waals surface area contributed by atoms with Crippen LogP contribution in [-0.4, -0.2) is 18.2 Å². The van der Waals surface area contributed by atoms with Crippen LogP contribution >= 0.6 is 0 Å². The van der Waals surface area contributed by atoms with Crippen molar-refractivity contribution in [1.29, 1.82) is 0 Å². The third kappa shape index (κ3) is 2.12. The van der Waals surface area contributed by atoms with Gasteiger partial charge in [0.15, 0.2) is 0 Å². The molecule has 1 aliphatic carbocycles. The SMILES string of the molecule is COc1ccc(C2(CC(=O)O)CCC2)c(F)c1. The summed E-state index contributed by atoms with van der Waals surface area (Å²) in [4.78, 5) is 10.9. The average molecular weight is 238 g/mol. The van der Waals surface area contributed by atoms with E-state index in [1.165, 1.54) is 13.2 Å². The number of ether oxygens (including phenoxy) is 1. The van der Waals surface area contributed by atoms with Gasteiger partial charge in [0, 0.05) is 11.5 Å². The van der Waals surface area contributed by atoms with Crippen LogP contribution < -0.4 is 4.74 Å². The summed E-state index contributed by atoms with van der Waals surface area (Å²) in [5.74, 6) is -0.790. The van der Waals surface area contributed by atoms with Crippen LogP contribution in [0.1, 0.15) is 31.2 Å². The fourth-order valence-corrected chi connectivity index (χ4v) is 2.49. The van der Waals surface area contributed by atoms with Crippen molar-refractivity contribution < 1.29 is 19.0 Å². The van der Waals surface area contributed by atoms with Crippen LogP contribution in [0.2, 0.25) is 0 Å². The third-order valence-corrected chi connectivity index (χ3v) is 3.55. The van der Waals surface area contributed by atoms with Crippen LogP contribution in [0.15, 0.2) is 18.2 Å². The molecule has 1 fully saturated rings. The molecule has 0 aromatic heterocycles. The Morgan fingerprint density at radius 3 is 2.65 bits per heavy atom. The zero-order valence-electron chi connectivity index (χ0n) is 9.70. The lowest BCUT2D eigenvalue weighted by atomic mass is 9.62. The van der Waals surface area contributed by atoms with Gasteiger partial charge >= 0.3 is 5.97 Å². The Labute approximate surface area is 99.2 Å². The monoisotopic (exact) mass is 238 g/mol. The number of rotatable bonds is 4. The van der Waals surface area contributed by atoms with E-state index in [0.29, 0.717) is 11.3 Å². The molecule has 0 atom stereocenters. The summed E-state index contributed by atoms with van der Waals surface area (Å²) < 4.78 is 18.9. The molecular weight excluding hydrogens is 223 g/mol. The molecule has 17 heavy (non-hydrogen) atoms. The molecule has 0 aliphatic heterocycles. The molecule has 1 aromatic carbocycles. The van der Waals surface area contributed by atoms with Gasteiger partial charge in [0.05, 0.1) is 13.5 Å². The Balaban J connectivity index is 2.34. The first-order valence-corrected chi connectivity index (χ1v) is 5.63. The maximum atomic E-state index is 13.9. The van der Waals surface area contributed by atoms with E-state index in [-0.39, 0.29) is 12.2 Å². The highest BCUT2D eigenvalue weighted by Gasteiger charge is 2.42. The van der Waals surface area contributed by atoms with Crippen molar-refractivity contribution in [3.63, 3.8) is 0 Å². The minimum Gasteiger partial charge on any atom is -0.497 e. The lowest BCUT2D eigenvalue weighted by Gasteiger charge is -2.41. The van der Waals surface area contributed by atoms with E-state index >= 15 is 0 Å². The normalized spacial score (nSPS) is 17.3. The van der Waals surface area contributed by atoms with E-state index in [1.807, 2.05) is 0 Å². The number of benzene rings is 1. The first kappa shape index (κ1) is 11.9. The smallest absolute Gasteiger partial charge is 0.304 e. The molecule has 1 saturated carbocycles. The van der Waals surface area contributed by atoms with E-state index in [4.69, 9.17) is 9.84 Å². The quantitative estimate of drug-likeness (QED) is 0.877. The molecule has 0 saturated heterocycles. The van der Waals surface area contributed by atoms with Crippen LogP contribution in [0.25, 0.3) is 0 Å². The lowest BCUT2D eigenvalue weighted by Crippen LogP contribution is -2.37. The minimum absolute atomic E-state index is 0.00372. The van der Waals surface area contributed by atoms with Crippen molar-refractivity contribution in [2.24, 2.45) is 0 Å². The average Bonchev–Trinajstić information content (AvgIpc) is 2.23. The number of hydrogen-bond donors (Lipinski definition) is 1. The summed E-state index contributed by atoms with van der Waals surface area (Å²) in [6.07, 6.45) is 2.43. The molecule has 0 unspecified atom stereocenters. The van der Waals surface area contributed by atoms with Gasteiger partial charge in [-0.1, -0.05) is 12.5 Å². The number of carbonyl (C=O) groups is 1. The fourth-order valence-electron chi connectivity index (χ4n) is 2.49. The van der Waals surface area contributed by atoms with Gasteiger partial charge in [-0.2, -0.15) is 0 Å². The molecule has 0 bridgehead atoms. The molecule has 1 aliphatic rings. The molecule has 2 rings (SSSR count). The van der Waals surface area contributed by atoms with E-state index < -0.39 is 11.4 Å². The minimum atomic E-state index is -0.875. The molecular formula is C13H15FO3. The first-order chi connectivity index (χ1) is 8.07. The fraction of sp³-hybridized carbons (Fsp3) is 0.462. The van der Waals surface area contributed by atoms with Gasteiger partial charge in [-0.3, -0.25) is 4.79 Å². The maximum Gasteiger partial charge on any atom is 0.304 e. The lowest BCUT2D eigenvalue weighted by molar-refractivity contribution is -0.139. The second-order valence-corrected chi connectivity index (χ2v) is 4.55. The maximum absolute atomic E-state index is 13.9. The van der Waals surface area contributed by atoms with Crippen molar-refractivity contribution in [3.05, 3.63) is 29.6 Å². The largest absolute Gasteiger partial charge is 0.497 e. The van der Waals surface area contributed by atoms with Crippen molar-refractivity contribution >= 4 is 5.97 Å². The number of carboxylic acids is 1.